The zero-order valence-corrected chi connectivity index (χ0v) is 12.3. The predicted octanol–water partition coefficient (Wildman–Crippen LogP) is 3.84. The van der Waals surface area contributed by atoms with E-state index in [-0.39, 0.29) is 11.7 Å². The van der Waals surface area contributed by atoms with E-state index in [9.17, 15) is 9.18 Å². The van der Waals surface area contributed by atoms with Crippen LogP contribution in [0.1, 0.15) is 10.5 Å². The quantitative estimate of drug-likeness (QED) is 0.727. The Morgan fingerprint density at radius 3 is 2.68 bits per heavy atom. The summed E-state index contributed by atoms with van der Waals surface area (Å²) in [6, 6.07) is 12.0. The number of aromatic nitrogens is 1. The van der Waals surface area contributed by atoms with Gasteiger partial charge >= 0.3 is 0 Å². The van der Waals surface area contributed by atoms with Crippen LogP contribution in [0.2, 0.25) is 5.02 Å². The normalized spacial score (nSPS) is 14.0. The van der Waals surface area contributed by atoms with Gasteiger partial charge in [-0.15, -0.1) is 0 Å². The topological polar surface area (TPSA) is 34.0 Å². The smallest absolute Gasteiger partial charge is 0.268 e. The van der Waals surface area contributed by atoms with Crippen molar-refractivity contribution in [3.05, 3.63) is 59.0 Å². The maximum atomic E-state index is 14.0. The van der Waals surface area contributed by atoms with Crippen LogP contribution in [0.25, 0.3) is 22.0 Å². The highest BCUT2D eigenvalue weighted by Gasteiger charge is 2.22. The molecule has 0 bridgehead atoms. The fraction of sp³-hybridized carbons (Fsp3) is 0.118. The summed E-state index contributed by atoms with van der Waals surface area (Å²) in [5.41, 5.74) is 3.10. The van der Waals surface area contributed by atoms with Crippen LogP contribution in [-0.4, -0.2) is 17.0 Å². The van der Waals surface area contributed by atoms with Gasteiger partial charge in [0, 0.05) is 29.1 Å². The Bertz CT molecular complexity index is 899. The molecule has 0 atom stereocenters. The van der Waals surface area contributed by atoms with Crippen molar-refractivity contribution in [3.8, 4) is 11.1 Å². The van der Waals surface area contributed by atoms with E-state index in [4.69, 9.17) is 11.6 Å². The van der Waals surface area contributed by atoms with Crippen LogP contribution in [0.4, 0.5) is 4.39 Å². The largest absolute Gasteiger partial charge is 0.349 e. The molecule has 3 aromatic rings. The maximum absolute atomic E-state index is 14.0. The highest BCUT2D eigenvalue weighted by atomic mass is 35.5. The van der Waals surface area contributed by atoms with Crippen LogP contribution in [0.5, 0.6) is 0 Å². The van der Waals surface area contributed by atoms with Gasteiger partial charge in [0.2, 0.25) is 0 Å². The maximum Gasteiger partial charge on any atom is 0.268 e. The first-order valence-corrected chi connectivity index (χ1v) is 7.38. The Kier molecular flexibility index (Phi) is 2.94. The summed E-state index contributed by atoms with van der Waals surface area (Å²) in [6.07, 6.45) is 0. The van der Waals surface area contributed by atoms with Crippen molar-refractivity contribution in [3.63, 3.8) is 0 Å². The molecule has 22 heavy (non-hydrogen) atoms. The standard InChI is InChI=1S/C17H12ClFN2O/c18-12-3-1-10(2-4-12)14-9-13(19)7-11-8-15-17(22)20-5-6-21(15)16(11)14/h1-4,7-9H,5-6H2,(H,20,22). The number of carbonyl (C=O) groups excluding carboxylic acids is 1. The molecule has 0 saturated carbocycles. The number of carbonyl (C=O) groups is 1. The van der Waals surface area contributed by atoms with Gasteiger partial charge in [-0.05, 0) is 35.9 Å². The van der Waals surface area contributed by atoms with Gasteiger partial charge in [-0.3, -0.25) is 4.79 Å². The lowest BCUT2D eigenvalue weighted by atomic mass is 10.0. The summed E-state index contributed by atoms with van der Waals surface area (Å²) in [4.78, 5) is 12.0. The summed E-state index contributed by atoms with van der Waals surface area (Å²) >= 11 is 5.93. The molecule has 5 heteroatoms. The van der Waals surface area contributed by atoms with E-state index in [1.54, 1.807) is 18.2 Å². The lowest BCUT2D eigenvalue weighted by molar-refractivity contribution is 0.0929. The average molecular weight is 315 g/mol. The van der Waals surface area contributed by atoms with Crippen molar-refractivity contribution in [1.82, 2.24) is 9.88 Å². The zero-order chi connectivity index (χ0) is 15.3. The van der Waals surface area contributed by atoms with Gasteiger partial charge in [-0.1, -0.05) is 23.7 Å². The van der Waals surface area contributed by atoms with Crippen molar-refractivity contribution in [2.24, 2.45) is 0 Å². The van der Waals surface area contributed by atoms with Gasteiger partial charge in [0.25, 0.3) is 5.91 Å². The van der Waals surface area contributed by atoms with Gasteiger partial charge in [-0.25, -0.2) is 4.39 Å². The van der Waals surface area contributed by atoms with E-state index < -0.39 is 0 Å². The third-order valence-corrected chi connectivity index (χ3v) is 4.22. The number of amides is 1. The average Bonchev–Trinajstić information content (AvgIpc) is 2.87. The number of halogens is 2. The molecule has 1 N–H and O–H groups in total. The van der Waals surface area contributed by atoms with Crippen molar-refractivity contribution < 1.29 is 9.18 Å². The second-order valence-electron chi connectivity index (χ2n) is 5.34. The molecule has 0 aliphatic carbocycles. The Labute approximate surface area is 131 Å². The molecule has 1 aliphatic heterocycles. The molecule has 0 fully saturated rings. The molecular weight excluding hydrogens is 303 g/mol. The first kappa shape index (κ1) is 13.3. The first-order valence-electron chi connectivity index (χ1n) is 7.00. The van der Waals surface area contributed by atoms with Crippen LogP contribution in [-0.2, 0) is 6.54 Å². The molecule has 0 unspecified atom stereocenters. The van der Waals surface area contributed by atoms with E-state index in [1.165, 1.54) is 12.1 Å². The molecule has 0 saturated heterocycles. The minimum absolute atomic E-state index is 0.120. The van der Waals surface area contributed by atoms with Gasteiger partial charge in [-0.2, -0.15) is 0 Å². The van der Waals surface area contributed by atoms with Crippen molar-refractivity contribution in [2.75, 3.05) is 6.54 Å². The lowest BCUT2D eigenvalue weighted by Crippen LogP contribution is -2.34. The van der Waals surface area contributed by atoms with E-state index in [0.29, 0.717) is 23.8 Å². The predicted molar refractivity (Wildman–Crippen MR) is 84.7 cm³/mol. The number of nitrogens with one attached hydrogen (secondary N) is 1. The van der Waals surface area contributed by atoms with Gasteiger partial charge in [0.1, 0.15) is 11.5 Å². The third kappa shape index (κ3) is 1.99. The van der Waals surface area contributed by atoms with E-state index in [2.05, 4.69) is 5.32 Å². The Balaban J connectivity index is 2.05. The van der Waals surface area contributed by atoms with Gasteiger partial charge in [0.15, 0.2) is 0 Å². The summed E-state index contributed by atoms with van der Waals surface area (Å²) in [5.74, 6) is -0.439. The molecular formula is C17H12ClFN2O. The second kappa shape index (κ2) is 4.85. The number of rotatable bonds is 1. The van der Waals surface area contributed by atoms with E-state index in [1.807, 2.05) is 16.7 Å². The third-order valence-electron chi connectivity index (χ3n) is 3.97. The molecule has 1 amide bonds. The molecule has 2 heterocycles. The fourth-order valence-corrected chi connectivity index (χ4v) is 3.14. The number of fused-ring (bicyclic) bond motifs is 3. The minimum Gasteiger partial charge on any atom is -0.349 e. The number of hydrogen-bond donors (Lipinski definition) is 1. The molecule has 1 aliphatic rings. The van der Waals surface area contributed by atoms with Crippen LogP contribution in [0.3, 0.4) is 0 Å². The van der Waals surface area contributed by atoms with Gasteiger partial charge < -0.3 is 9.88 Å². The van der Waals surface area contributed by atoms with E-state index >= 15 is 0 Å². The fourth-order valence-electron chi connectivity index (χ4n) is 3.02. The van der Waals surface area contributed by atoms with Crippen LogP contribution >= 0.6 is 11.6 Å². The van der Waals surface area contributed by atoms with Crippen LogP contribution < -0.4 is 5.32 Å². The SMILES string of the molecule is O=C1NCCn2c1cc1cc(F)cc(-c3ccc(Cl)cc3)c12. The molecule has 2 aromatic carbocycles. The van der Waals surface area contributed by atoms with Crippen molar-refractivity contribution >= 4 is 28.4 Å². The van der Waals surface area contributed by atoms with E-state index in [0.717, 1.165) is 22.0 Å². The summed E-state index contributed by atoms with van der Waals surface area (Å²) in [5, 5.41) is 4.18. The monoisotopic (exact) mass is 314 g/mol. The van der Waals surface area contributed by atoms with Gasteiger partial charge in [0.05, 0.1) is 5.52 Å². The summed E-state index contributed by atoms with van der Waals surface area (Å²) in [6.45, 7) is 1.25. The van der Waals surface area contributed by atoms with Crippen molar-refractivity contribution in [2.45, 2.75) is 6.54 Å². The molecule has 3 nitrogen and oxygen atoms in total. The number of nitrogens with zero attached hydrogens (tertiary/aromatic N) is 1. The molecule has 0 radical (unpaired) electrons. The Hall–Kier alpha value is -2.33. The molecule has 4 rings (SSSR count). The zero-order valence-electron chi connectivity index (χ0n) is 11.6. The number of hydrogen-bond acceptors (Lipinski definition) is 1. The second-order valence-corrected chi connectivity index (χ2v) is 5.77. The highest BCUT2D eigenvalue weighted by molar-refractivity contribution is 6.30. The summed E-state index contributed by atoms with van der Waals surface area (Å²) < 4.78 is 15.9. The van der Waals surface area contributed by atoms with Crippen molar-refractivity contribution in [1.29, 1.82) is 0 Å². The lowest BCUT2D eigenvalue weighted by Gasteiger charge is -2.18. The first-order chi connectivity index (χ1) is 10.6. The van der Waals surface area contributed by atoms with Crippen LogP contribution in [0.15, 0.2) is 42.5 Å². The van der Waals surface area contributed by atoms with Crippen LogP contribution in [0, 0.1) is 5.82 Å². The highest BCUT2D eigenvalue weighted by Crippen LogP contribution is 2.33. The Morgan fingerprint density at radius 1 is 1.14 bits per heavy atom. The summed E-state index contributed by atoms with van der Waals surface area (Å²) in [7, 11) is 0. The molecule has 1 aromatic heterocycles. The Morgan fingerprint density at radius 2 is 1.91 bits per heavy atom. The minimum atomic E-state index is -0.319. The molecule has 110 valence electrons. The molecule has 0 spiro atoms. The number of benzene rings is 2.